The molecule has 0 spiro atoms. The highest BCUT2D eigenvalue weighted by atomic mass is 16.6. The molecule has 1 aliphatic heterocycles. The van der Waals surface area contributed by atoms with E-state index < -0.39 is 11.6 Å². The van der Waals surface area contributed by atoms with Crippen molar-refractivity contribution in [3.05, 3.63) is 65.7 Å². The molecule has 0 bridgehead atoms. The maximum Gasteiger partial charge on any atom is 0.343 e. The van der Waals surface area contributed by atoms with Crippen LogP contribution >= 0.6 is 0 Å². The van der Waals surface area contributed by atoms with Crippen LogP contribution in [0, 0.1) is 5.92 Å². The zero-order valence-electron chi connectivity index (χ0n) is 18.2. The molecule has 7 nitrogen and oxygen atoms in total. The van der Waals surface area contributed by atoms with E-state index in [-0.39, 0.29) is 17.8 Å². The number of rotatable bonds is 6. The van der Waals surface area contributed by atoms with Gasteiger partial charge in [-0.1, -0.05) is 55.3 Å². The molecule has 0 aromatic heterocycles. The number of aliphatic hydroxyl groups is 1. The van der Waals surface area contributed by atoms with Gasteiger partial charge in [-0.3, -0.25) is 0 Å². The highest BCUT2D eigenvalue weighted by Gasteiger charge is 2.48. The van der Waals surface area contributed by atoms with Gasteiger partial charge in [0.1, 0.15) is 11.9 Å². The van der Waals surface area contributed by atoms with Crippen LogP contribution in [0.4, 0.5) is 0 Å². The number of carbonyl (C=O) groups excluding carboxylic acids is 1. The van der Waals surface area contributed by atoms with Gasteiger partial charge in [-0.15, -0.1) is 0 Å². The normalized spacial score (nSPS) is 21.5. The molecule has 32 heavy (non-hydrogen) atoms. The van der Waals surface area contributed by atoms with Crippen molar-refractivity contribution < 1.29 is 19.7 Å². The van der Waals surface area contributed by atoms with Gasteiger partial charge in [0.05, 0.1) is 13.1 Å². The minimum absolute atomic E-state index is 0.133. The molecule has 170 valence electrons. The predicted molar refractivity (Wildman–Crippen MR) is 122 cm³/mol. The average Bonchev–Trinajstić information content (AvgIpc) is 3.51. The molecule has 2 aromatic carbocycles. The van der Waals surface area contributed by atoms with Gasteiger partial charge >= 0.3 is 5.97 Å². The second-order valence-electron chi connectivity index (χ2n) is 8.72. The van der Waals surface area contributed by atoms with Crippen LogP contribution < -0.4 is 5.73 Å². The van der Waals surface area contributed by atoms with E-state index in [1.165, 1.54) is 0 Å². The topological polar surface area (TPSA) is 108 Å². The fourth-order valence-electron chi connectivity index (χ4n) is 4.70. The van der Waals surface area contributed by atoms with E-state index in [4.69, 9.17) is 10.5 Å². The van der Waals surface area contributed by atoms with Crippen molar-refractivity contribution in [1.82, 2.24) is 4.90 Å². The summed E-state index contributed by atoms with van der Waals surface area (Å²) in [6, 6.07) is 16.0. The SMILES string of the molecule is NC(=NCc1ccc(O)cc1)N1CCC(OC(=O)[C@](O)(c2ccccc2)C2CCCC2)C1. The van der Waals surface area contributed by atoms with E-state index in [0.29, 0.717) is 37.6 Å². The molecule has 1 unspecified atom stereocenters. The average molecular weight is 438 g/mol. The summed E-state index contributed by atoms with van der Waals surface area (Å²) < 4.78 is 5.83. The molecular formula is C25H31N3O4. The number of aliphatic imine (C=N–C) groups is 1. The lowest BCUT2D eigenvalue weighted by atomic mass is 9.80. The maximum atomic E-state index is 13.3. The minimum Gasteiger partial charge on any atom is -0.508 e. The fourth-order valence-corrected chi connectivity index (χ4v) is 4.70. The molecule has 2 aliphatic rings. The molecule has 7 heteroatoms. The van der Waals surface area contributed by atoms with Crippen molar-refractivity contribution >= 4 is 11.9 Å². The molecule has 2 aromatic rings. The van der Waals surface area contributed by atoms with Crippen molar-refractivity contribution in [2.24, 2.45) is 16.6 Å². The van der Waals surface area contributed by atoms with E-state index in [2.05, 4.69) is 4.99 Å². The van der Waals surface area contributed by atoms with Crippen LogP contribution in [-0.4, -0.2) is 46.2 Å². The van der Waals surface area contributed by atoms with Crippen molar-refractivity contribution in [2.75, 3.05) is 13.1 Å². The summed E-state index contributed by atoms with van der Waals surface area (Å²) in [7, 11) is 0. The van der Waals surface area contributed by atoms with Crippen molar-refractivity contribution in [1.29, 1.82) is 0 Å². The monoisotopic (exact) mass is 437 g/mol. The van der Waals surface area contributed by atoms with E-state index >= 15 is 0 Å². The third kappa shape index (κ3) is 4.72. The van der Waals surface area contributed by atoms with Crippen molar-refractivity contribution in [3.8, 4) is 5.75 Å². The number of benzene rings is 2. The number of likely N-dealkylation sites (tertiary alicyclic amines) is 1. The van der Waals surface area contributed by atoms with E-state index in [1.807, 2.05) is 23.1 Å². The zero-order valence-corrected chi connectivity index (χ0v) is 18.2. The van der Waals surface area contributed by atoms with Gasteiger partial charge in [-0.2, -0.15) is 0 Å². The summed E-state index contributed by atoms with van der Waals surface area (Å²) in [5.74, 6) is -0.0948. The number of carbonyl (C=O) groups is 1. The Morgan fingerprint density at radius 1 is 1.09 bits per heavy atom. The van der Waals surface area contributed by atoms with Crippen LogP contribution in [-0.2, 0) is 21.7 Å². The van der Waals surface area contributed by atoms with Crippen LogP contribution in [0.5, 0.6) is 5.75 Å². The van der Waals surface area contributed by atoms with Crippen LogP contribution in [0.15, 0.2) is 59.6 Å². The molecular weight excluding hydrogens is 406 g/mol. The number of guanidine groups is 1. The molecule has 2 atom stereocenters. The number of ether oxygens (including phenoxy) is 1. The highest BCUT2D eigenvalue weighted by Crippen LogP contribution is 2.41. The summed E-state index contributed by atoms with van der Waals surface area (Å²) in [5, 5.41) is 20.9. The Balaban J connectivity index is 1.39. The first kappa shape index (κ1) is 22.1. The Morgan fingerprint density at radius 2 is 1.78 bits per heavy atom. The minimum atomic E-state index is -1.62. The molecule has 1 heterocycles. The van der Waals surface area contributed by atoms with E-state index in [9.17, 15) is 15.0 Å². The summed E-state index contributed by atoms with van der Waals surface area (Å²) in [5.41, 5.74) is 6.08. The second-order valence-corrected chi connectivity index (χ2v) is 8.72. The van der Waals surface area contributed by atoms with Gasteiger partial charge in [0.2, 0.25) is 0 Å². The first-order chi connectivity index (χ1) is 15.5. The molecule has 1 saturated carbocycles. The van der Waals surface area contributed by atoms with Crippen LogP contribution in [0.3, 0.4) is 0 Å². The van der Waals surface area contributed by atoms with Gasteiger partial charge in [0, 0.05) is 18.9 Å². The summed E-state index contributed by atoms with van der Waals surface area (Å²) in [6.07, 6.45) is 3.94. The molecule has 1 aliphatic carbocycles. The molecule has 0 amide bonds. The summed E-state index contributed by atoms with van der Waals surface area (Å²) >= 11 is 0. The Kier molecular flexibility index (Phi) is 6.65. The number of hydrogen-bond acceptors (Lipinski definition) is 5. The quantitative estimate of drug-likeness (QED) is 0.364. The predicted octanol–water partition coefficient (Wildman–Crippen LogP) is 2.90. The smallest absolute Gasteiger partial charge is 0.343 e. The molecule has 1 saturated heterocycles. The lowest BCUT2D eigenvalue weighted by Crippen LogP contribution is -2.45. The molecule has 2 fully saturated rings. The Bertz CT molecular complexity index is 941. The number of esters is 1. The van der Waals surface area contributed by atoms with E-state index in [1.54, 1.807) is 36.4 Å². The lowest BCUT2D eigenvalue weighted by molar-refractivity contribution is -0.178. The number of aromatic hydroxyl groups is 1. The number of phenols is 1. The molecule has 4 N–H and O–H groups in total. The van der Waals surface area contributed by atoms with Gasteiger partial charge < -0.3 is 25.6 Å². The first-order valence-corrected chi connectivity index (χ1v) is 11.3. The largest absolute Gasteiger partial charge is 0.508 e. The number of nitrogens with zero attached hydrogens (tertiary/aromatic N) is 2. The molecule has 0 radical (unpaired) electrons. The van der Waals surface area contributed by atoms with Crippen LogP contribution in [0.1, 0.15) is 43.2 Å². The summed E-state index contributed by atoms with van der Waals surface area (Å²) in [6.45, 7) is 1.49. The zero-order chi connectivity index (χ0) is 22.6. The van der Waals surface area contributed by atoms with Gasteiger partial charge in [0.15, 0.2) is 11.6 Å². The van der Waals surface area contributed by atoms with Crippen molar-refractivity contribution in [2.45, 2.75) is 50.4 Å². The fraction of sp³-hybridized carbons (Fsp3) is 0.440. The van der Waals surface area contributed by atoms with Crippen LogP contribution in [0.2, 0.25) is 0 Å². The Morgan fingerprint density at radius 3 is 2.47 bits per heavy atom. The van der Waals surface area contributed by atoms with E-state index in [0.717, 1.165) is 31.2 Å². The number of nitrogens with two attached hydrogens (primary N) is 1. The summed E-state index contributed by atoms with van der Waals surface area (Å²) in [4.78, 5) is 19.6. The van der Waals surface area contributed by atoms with Gasteiger partial charge in [-0.25, -0.2) is 9.79 Å². The number of phenolic OH excluding ortho intramolecular Hbond substituents is 1. The Hall–Kier alpha value is -3.06. The first-order valence-electron chi connectivity index (χ1n) is 11.3. The third-order valence-electron chi connectivity index (χ3n) is 6.57. The standard InChI is InChI=1S/C25H31N3O4/c26-24(27-16-18-10-12-21(29)13-11-18)28-15-14-22(17-28)32-23(30)25(31,20-8-4-5-9-20)19-6-2-1-3-7-19/h1-3,6-7,10-13,20,22,29,31H,4-5,8-9,14-17H2,(H2,26,27)/t22?,25-/m0/s1. The van der Waals surface area contributed by atoms with Crippen molar-refractivity contribution in [3.63, 3.8) is 0 Å². The Labute approximate surface area is 188 Å². The van der Waals surface area contributed by atoms with Gasteiger partial charge in [0.25, 0.3) is 0 Å². The lowest BCUT2D eigenvalue weighted by Gasteiger charge is -2.33. The second kappa shape index (κ2) is 9.61. The third-order valence-corrected chi connectivity index (χ3v) is 6.57. The van der Waals surface area contributed by atoms with Gasteiger partial charge in [-0.05, 0) is 36.1 Å². The number of hydrogen-bond donors (Lipinski definition) is 3. The maximum absolute atomic E-state index is 13.3. The highest BCUT2D eigenvalue weighted by molar-refractivity contribution is 5.82. The molecule has 4 rings (SSSR count). The van der Waals surface area contributed by atoms with Crippen LogP contribution in [0.25, 0.3) is 0 Å².